The fraction of sp³-hybridized carbons (Fsp3) is 0.613. The van der Waals surface area contributed by atoms with E-state index in [2.05, 4.69) is 19.1 Å². The van der Waals surface area contributed by atoms with E-state index >= 15 is 4.39 Å². The number of rotatable bonds is 9. The van der Waals surface area contributed by atoms with Crippen molar-refractivity contribution in [3.63, 3.8) is 0 Å². The molecular weight excluding hydrogens is 410 g/mol. The quantitative estimate of drug-likeness (QED) is 0.262. The highest BCUT2D eigenvalue weighted by Gasteiger charge is 2.35. The molecule has 2 fully saturated rings. The Morgan fingerprint density at radius 3 is 2.58 bits per heavy atom. The number of hydrogen-bond donors (Lipinski definition) is 0. The lowest BCUT2D eigenvalue weighted by Crippen LogP contribution is -2.30. The van der Waals surface area contributed by atoms with Gasteiger partial charge >= 0.3 is 0 Å². The topological polar surface area (TPSA) is 0 Å². The lowest BCUT2D eigenvalue weighted by Gasteiger charge is -2.42. The minimum Gasteiger partial charge on any atom is -0.207 e. The lowest BCUT2D eigenvalue weighted by atomic mass is 9.63. The first kappa shape index (κ1) is 24.4. The molecule has 0 saturated heterocycles. The minimum absolute atomic E-state index is 0.223. The number of benzene rings is 2. The van der Waals surface area contributed by atoms with E-state index in [1.54, 1.807) is 6.07 Å². The molecule has 0 aromatic heterocycles. The van der Waals surface area contributed by atoms with Crippen LogP contribution in [0.3, 0.4) is 0 Å². The van der Waals surface area contributed by atoms with Crippen LogP contribution >= 0.6 is 0 Å². The zero-order chi connectivity index (χ0) is 23.2. The normalized spacial score (nSPS) is 25.6. The van der Waals surface area contributed by atoms with E-state index in [-0.39, 0.29) is 11.4 Å². The standard InChI is InChI=1S/C31H42F2/c1-3-5-7-9-10-22-12-13-24-19-25(15-14-23(24)18-22)26-16-17-28-27(20-26)21-30(32)29(31(28)33)11-8-6-4-2/h4,6,16-17,20-25H,3,5,7-15,18-19H2,1-2H3/b6-4+/t22?,23-,24?,25-/m1/s1. The van der Waals surface area contributed by atoms with Gasteiger partial charge in [0.25, 0.3) is 0 Å². The Kier molecular flexibility index (Phi) is 8.61. The fourth-order valence-electron chi connectivity index (χ4n) is 6.68. The summed E-state index contributed by atoms with van der Waals surface area (Å²) in [5, 5.41) is 1.28. The smallest absolute Gasteiger partial charge is 0.137 e. The first-order chi connectivity index (χ1) is 16.1. The highest BCUT2D eigenvalue weighted by atomic mass is 19.1. The maximum Gasteiger partial charge on any atom is 0.137 e. The first-order valence-corrected chi connectivity index (χ1v) is 13.6. The molecule has 2 saturated carbocycles. The van der Waals surface area contributed by atoms with E-state index in [1.807, 2.05) is 25.1 Å². The predicted molar refractivity (Wildman–Crippen MR) is 137 cm³/mol. The lowest BCUT2D eigenvalue weighted by molar-refractivity contribution is 0.113. The molecule has 0 N–H and O–H groups in total. The Morgan fingerprint density at radius 2 is 1.76 bits per heavy atom. The second-order valence-electron chi connectivity index (χ2n) is 10.8. The molecule has 0 heterocycles. The van der Waals surface area contributed by atoms with E-state index < -0.39 is 5.82 Å². The third kappa shape index (κ3) is 5.87. The van der Waals surface area contributed by atoms with Gasteiger partial charge < -0.3 is 0 Å². The summed E-state index contributed by atoms with van der Waals surface area (Å²) in [5.74, 6) is 2.46. The van der Waals surface area contributed by atoms with Gasteiger partial charge in [-0.3, -0.25) is 0 Å². The van der Waals surface area contributed by atoms with Gasteiger partial charge in [0, 0.05) is 10.9 Å². The molecule has 2 aromatic rings. The molecule has 180 valence electrons. The largest absolute Gasteiger partial charge is 0.207 e. The van der Waals surface area contributed by atoms with Crippen LogP contribution < -0.4 is 0 Å². The number of allylic oxidation sites excluding steroid dienone is 2. The molecule has 0 amide bonds. The van der Waals surface area contributed by atoms with Crippen molar-refractivity contribution in [2.75, 3.05) is 0 Å². The van der Waals surface area contributed by atoms with Crippen LogP contribution in [0, 0.1) is 29.4 Å². The summed E-state index contributed by atoms with van der Waals surface area (Å²) in [5.41, 5.74) is 1.50. The summed E-state index contributed by atoms with van der Waals surface area (Å²) < 4.78 is 29.8. The molecule has 0 spiro atoms. The maximum absolute atomic E-state index is 15.1. The molecule has 2 aliphatic carbocycles. The van der Waals surface area contributed by atoms with Crippen molar-refractivity contribution in [3.8, 4) is 0 Å². The van der Waals surface area contributed by atoms with Gasteiger partial charge in [0.15, 0.2) is 0 Å². The van der Waals surface area contributed by atoms with Crippen LogP contribution in [-0.4, -0.2) is 0 Å². The number of unbranched alkanes of at least 4 members (excludes halogenated alkanes) is 3. The van der Waals surface area contributed by atoms with E-state index in [9.17, 15) is 4.39 Å². The number of hydrogen-bond acceptors (Lipinski definition) is 0. The molecular formula is C31H42F2. The van der Waals surface area contributed by atoms with Gasteiger partial charge in [-0.15, -0.1) is 0 Å². The van der Waals surface area contributed by atoms with Crippen molar-refractivity contribution in [3.05, 3.63) is 59.2 Å². The first-order valence-electron chi connectivity index (χ1n) is 13.6. The highest BCUT2D eigenvalue weighted by Crippen LogP contribution is 2.48. The molecule has 0 bridgehead atoms. The van der Waals surface area contributed by atoms with Gasteiger partial charge in [-0.25, -0.2) is 8.78 Å². The number of halogens is 2. The average Bonchev–Trinajstić information content (AvgIpc) is 2.83. The third-order valence-corrected chi connectivity index (χ3v) is 8.60. The zero-order valence-electron chi connectivity index (χ0n) is 20.7. The van der Waals surface area contributed by atoms with E-state index in [1.165, 1.54) is 76.2 Å². The Morgan fingerprint density at radius 1 is 0.939 bits per heavy atom. The second kappa shape index (κ2) is 11.6. The van der Waals surface area contributed by atoms with E-state index in [0.29, 0.717) is 24.1 Å². The summed E-state index contributed by atoms with van der Waals surface area (Å²) >= 11 is 0. The third-order valence-electron chi connectivity index (χ3n) is 8.60. The minimum atomic E-state index is -0.400. The van der Waals surface area contributed by atoms with Crippen molar-refractivity contribution in [2.24, 2.45) is 17.8 Å². The van der Waals surface area contributed by atoms with Crippen LogP contribution in [0.1, 0.15) is 108 Å². The fourth-order valence-corrected chi connectivity index (χ4v) is 6.68. The monoisotopic (exact) mass is 452 g/mol. The van der Waals surface area contributed by atoms with Crippen LogP contribution in [0.5, 0.6) is 0 Å². The summed E-state index contributed by atoms with van der Waals surface area (Å²) in [6.07, 6.45) is 20.0. The van der Waals surface area contributed by atoms with Crippen molar-refractivity contribution in [1.82, 2.24) is 0 Å². The van der Waals surface area contributed by atoms with Gasteiger partial charge in [0.2, 0.25) is 0 Å². The average molecular weight is 453 g/mol. The molecule has 4 atom stereocenters. The molecule has 0 radical (unpaired) electrons. The maximum atomic E-state index is 15.1. The van der Waals surface area contributed by atoms with Crippen LogP contribution in [-0.2, 0) is 6.42 Å². The van der Waals surface area contributed by atoms with Crippen LogP contribution in [0.2, 0.25) is 0 Å². The van der Waals surface area contributed by atoms with E-state index in [4.69, 9.17) is 0 Å². The van der Waals surface area contributed by atoms with Crippen LogP contribution in [0.25, 0.3) is 10.8 Å². The van der Waals surface area contributed by atoms with Gasteiger partial charge in [0.1, 0.15) is 11.6 Å². The van der Waals surface area contributed by atoms with Gasteiger partial charge in [-0.2, -0.15) is 0 Å². The van der Waals surface area contributed by atoms with Crippen molar-refractivity contribution in [1.29, 1.82) is 0 Å². The van der Waals surface area contributed by atoms with Crippen molar-refractivity contribution >= 4 is 10.8 Å². The van der Waals surface area contributed by atoms with Crippen molar-refractivity contribution in [2.45, 2.75) is 103 Å². The Labute approximate surface area is 199 Å². The van der Waals surface area contributed by atoms with Crippen LogP contribution in [0.4, 0.5) is 8.78 Å². The van der Waals surface area contributed by atoms with Gasteiger partial charge in [-0.1, -0.05) is 75.8 Å². The molecule has 0 nitrogen and oxygen atoms in total. The SMILES string of the molecule is C/C=C/CCc1c(F)cc2cc([C@@H]3CC[C@@H]4CC(CCCCCC)CCC4C3)ccc2c1F. The molecule has 2 unspecified atom stereocenters. The van der Waals surface area contributed by atoms with Crippen LogP contribution in [0.15, 0.2) is 36.4 Å². The van der Waals surface area contributed by atoms with Gasteiger partial charge in [0.05, 0.1) is 0 Å². The Balaban J connectivity index is 1.40. The molecule has 2 heteroatoms. The zero-order valence-corrected chi connectivity index (χ0v) is 20.7. The van der Waals surface area contributed by atoms with E-state index in [0.717, 1.165) is 23.1 Å². The summed E-state index contributed by atoms with van der Waals surface area (Å²) in [7, 11) is 0. The molecule has 33 heavy (non-hydrogen) atoms. The van der Waals surface area contributed by atoms with Gasteiger partial charge in [-0.05, 0) is 92.6 Å². The molecule has 4 rings (SSSR count). The predicted octanol–water partition coefficient (Wildman–Crippen LogP) is 9.90. The second-order valence-corrected chi connectivity index (χ2v) is 10.8. The van der Waals surface area contributed by atoms with Crippen molar-refractivity contribution < 1.29 is 8.78 Å². The highest BCUT2D eigenvalue weighted by molar-refractivity contribution is 5.85. The Bertz CT molecular complexity index is 944. The Hall–Kier alpha value is -1.70. The number of fused-ring (bicyclic) bond motifs is 2. The molecule has 2 aliphatic rings. The summed E-state index contributed by atoms with van der Waals surface area (Å²) in [4.78, 5) is 0. The molecule has 0 aliphatic heterocycles. The summed E-state index contributed by atoms with van der Waals surface area (Å²) in [6, 6.07) is 7.64. The molecule has 2 aromatic carbocycles. The summed E-state index contributed by atoms with van der Waals surface area (Å²) in [6.45, 7) is 4.22.